The Hall–Kier alpha value is -1.84. The lowest BCUT2D eigenvalue weighted by Crippen LogP contribution is -2.16. The number of hydrogen-bond acceptors (Lipinski definition) is 3. The summed E-state index contributed by atoms with van der Waals surface area (Å²) in [6.07, 6.45) is 2.94. The molecule has 0 atom stereocenters. The molecule has 1 N–H and O–H groups in total. The number of carbonyl (C=O) groups is 1. The summed E-state index contributed by atoms with van der Waals surface area (Å²) in [6, 6.07) is 7.53. The average Bonchev–Trinajstić information content (AvgIpc) is 2.32. The van der Waals surface area contributed by atoms with E-state index in [4.69, 9.17) is 4.74 Å². The summed E-state index contributed by atoms with van der Waals surface area (Å²) in [7, 11) is 0. The molecule has 1 aromatic carbocycles. The van der Waals surface area contributed by atoms with E-state index in [1.54, 1.807) is 6.21 Å². The van der Waals surface area contributed by atoms with Crippen LogP contribution in [-0.4, -0.2) is 18.7 Å². The molecule has 0 saturated heterocycles. The molecule has 92 valence electrons. The molecular weight excluding hydrogens is 216 g/mol. The Kier molecular flexibility index (Phi) is 5.79. The van der Waals surface area contributed by atoms with Gasteiger partial charge in [0, 0.05) is 6.42 Å². The van der Waals surface area contributed by atoms with E-state index < -0.39 is 0 Å². The summed E-state index contributed by atoms with van der Waals surface area (Å²) in [6.45, 7) is 4.55. The Morgan fingerprint density at radius 3 is 2.65 bits per heavy atom. The van der Waals surface area contributed by atoms with Gasteiger partial charge in [0.2, 0.25) is 5.91 Å². The van der Waals surface area contributed by atoms with Crippen LogP contribution in [0.5, 0.6) is 5.75 Å². The van der Waals surface area contributed by atoms with Crippen molar-refractivity contribution in [2.24, 2.45) is 5.10 Å². The van der Waals surface area contributed by atoms with Crippen LogP contribution in [0.3, 0.4) is 0 Å². The molecule has 1 amide bonds. The molecule has 0 saturated carbocycles. The molecule has 0 aromatic heterocycles. The largest absolute Gasteiger partial charge is 0.494 e. The maximum atomic E-state index is 11.1. The quantitative estimate of drug-likeness (QED) is 0.606. The van der Waals surface area contributed by atoms with Gasteiger partial charge >= 0.3 is 0 Å². The lowest BCUT2D eigenvalue weighted by atomic mass is 10.2. The van der Waals surface area contributed by atoms with E-state index in [1.165, 1.54) is 0 Å². The molecule has 0 aliphatic heterocycles. The number of nitrogens with one attached hydrogen (secondary N) is 1. The molecule has 17 heavy (non-hydrogen) atoms. The van der Waals surface area contributed by atoms with Gasteiger partial charge in [0.1, 0.15) is 5.75 Å². The maximum Gasteiger partial charge on any atom is 0.240 e. The first-order valence-electron chi connectivity index (χ1n) is 5.81. The highest BCUT2D eigenvalue weighted by Crippen LogP contribution is 2.10. The molecule has 1 aromatic rings. The van der Waals surface area contributed by atoms with Crippen LogP contribution in [0.1, 0.15) is 32.3 Å². The Morgan fingerprint density at radius 2 is 2.06 bits per heavy atom. The second-order valence-electron chi connectivity index (χ2n) is 3.55. The number of ether oxygens (including phenoxy) is 1. The van der Waals surface area contributed by atoms with Gasteiger partial charge in [-0.25, -0.2) is 5.43 Å². The second kappa shape index (κ2) is 7.44. The van der Waals surface area contributed by atoms with Crippen molar-refractivity contribution in [3.8, 4) is 5.75 Å². The van der Waals surface area contributed by atoms with Crippen molar-refractivity contribution in [2.75, 3.05) is 6.61 Å². The van der Waals surface area contributed by atoms with Crippen LogP contribution in [0.15, 0.2) is 29.4 Å². The number of hydrogen-bond donors (Lipinski definition) is 1. The summed E-state index contributed by atoms with van der Waals surface area (Å²) in [4.78, 5) is 11.1. The number of benzene rings is 1. The summed E-state index contributed by atoms with van der Waals surface area (Å²) in [5.74, 6) is 0.773. The molecule has 0 unspecified atom stereocenters. The summed E-state index contributed by atoms with van der Waals surface area (Å²) < 4.78 is 5.32. The lowest BCUT2D eigenvalue weighted by molar-refractivity contribution is -0.121. The number of rotatable bonds is 6. The standard InChI is InChI=1S/C13H18N2O2/c1-3-5-13(16)15-14-10-11-6-8-12(9-7-11)17-4-2/h6-10H,3-5H2,1-2H3,(H,15,16)/b14-10+. The number of amides is 1. The lowest BCUT2D eigenvalue weighted by Gasteiger charge is -2.02. The zero-order chi connectivity index (χ0) is 12.5. The summed E-state index contributed by atoms with van der Waals surface area (Å²) in [5, 5.41) is 3.87. The van der Waals surface area contributed by atoms with E-state index in [2.05, 4.69) is 10.5 Å². The van der Waals surface area contributed by atoms with Gasteiger partial charge in [0.05, 0.1) is 12.8 Å². The Labute approximate surface area is 102 Å². The van der Waals surface area contributed by atoms with Crippen molar-refractivity contribution in [3.05, 3.63) is 29.8 Å². The van der Waals surface area contributed by atoms with Crippen molar-refractivity contribution in [2.45, 2.75) is 26.7 Å². The van der Waals surface area contributed by atoms with Gasteiger partial charge in [-0.1, -0.05) is 6.92 Å². The van der Waals surface area contributed by atoms with Gasteiger partial charge < -0.3 is 4.74 Å². The van der Waals surface area contributed by atoms with Crippen molar-refractivity contribution in [1.29, 1.82) is 0 Å². The van der Waals surface area contributed by atoms with Crippen LogP contribution < -0.4 is 10.2 Å². The molecular formula is C13H18N2O2. The fraction of sp³-hybridized carbons (Fsp3) is 0.385. The molecule has 0 radical (unpaired) electrons. The highest BCUT2D eigenvalue weighted by Gasteiger charge is 1.95. The van der Waals surface area contributed by atoms with Crippen molar-refractivity contribution in [3.63, 3.8) is 0 Å². The highest BCUT2D eigenvalue weighted by atomic mass is 16.5. The van der Waals surface area contributed by atoms with Crippen molar-refractivity contribution in [1.82, 2.24) is 5.43 Å². The van der Waals surface area contributed by atoms with Crippen LogP contribution >= 0.6 is 0 Å². The van der Waals surface area contributed by atoms with Gasteiger partial charge in [0.25, 0.3) is 0 Å². The van der Waals surface area contributed by atoms with Gasteiger partial charge in [-0.2, -0.15) is 5.10 Å². The zero-order valence-electron chi connectivity index (χ0n) is 10.3. The third-order valence-electron chi connectivity index (χ3n) is 2.07. The summed E-state index contributed by atoms with van der Waals surface area (Å²) >= 11 is 0. The van der Waals surface area contributed by atoms with E-state index in [9.17, 15) is 4.79 Å². The fourth-order valence-electron chi connectivity index (χ4n) is 1.28. The predicted octanol–water partition coefficient (Wildman–Crippen LogP) is 2.34. The molecule has 0 fully saturated rings. The maximum absolute atomic E-state index is 11.1. The molecule has 4 heteroatoms. The van der Waals surface area contributed by atoms with Gasteiger partial charge in [-0.3, -0.25) is 4.79 Å². The molecule has 0 spiro atoms. The summed E-state index contributed by atoms with van der Waals surface area (Å²) in [5.41, 5.74) is 3.39. The minimum Gasteiger partial charge on any atom is -0.494 e. The first kappa shape index (κ1) is 13.2. The first-order valence-corrected chi connectivity index (χ1v) is 5.81. The van der Waals surface area contributed by atoms with Crippen LogP contribution in [0.2, 0.25) is 0 Å². The molecule has 4 nitrogen and oxygen atoms in total. The zero-order valence-corrected chi connectivity index (χ0v) is 10.3. The van der Waals surface area contributed by atoms with E-state index in [0.29, 0.717) is 13.0 Å². The second-order valence-corrected chi connectivity index (χ2v) is 3.55. The molecule has 1 rings (SSSR count). The molecule has 0 aliphatic carbocycles. The monoisotopic (exact) mass is 234 g/mol. The number of carbonyl (C=O) groups excluding carboxylic acids is 1. The Morgan fingerprint density at radius 1 is 1.35 bits per heavy atom. The van der Waals surface area contributed by atoms with E-state index in [1.807, 2.05) is 38.1 Å². The highest BCUT2D eigenvalue weighted by molar-refractivity contribution is 5.82. The van der Waals surface area contributed by atoms with Crippen LogP contribution in [0, 0.1) is 0 Å². The van der Waals surface area contributed by atoms with E-state index in [0.717, 1.165) is 17.7 Å². The molecule has 0 bridgehead atoms. The topological polar surface area (TPSA) is 50.7 Å². The smallest absolute Gasteiger partial charge is 0.240 e. The minimum atomic E-state index is -0.0605. The van der Waals surface area contributed by atoms with Gasteiger partial charge in [0.15, 0.2) is 0 Å². The number of hydrazone groups is 1. The fourth-order valence-corrected chi connectivity index (χ4v) is 1.28. The van der Waals surface area contributed by atoms with Crippen molar-refractivity contribution >= 4 is 12.1 Å². The third kappa shape index (κ3) is 5.15. The Balaban J connectivity index is 2.45. The first-order chi connectivity index (χ1) is 8.26. The van der Waals surface area contributed by atoms with Gasteiger partial charge in [-0.05, 0) is 43.2 Å². The normalized spacial score (nSPS) is 10.5. The molecule has 0 heterocycles. The third-order valence-corrected chi connectivity index (χ3v) is 2.07. The molecule has 0 aliphatic rings. The Bertz CT molecular complexity index is 372. The van der Waals surface area contributed by atoms with E-state index in [-0.39, 0.29) is 5.91 Å². The van der Waals surface area contributed by atoms with Crippen LogP contribution in [0.25, 0.3) is 0 Å². The van der Waals surface area contributed by atoms with E-state index >= 15 is 0 Å². The number of nitrogens with zero attached hydrogens (tertiary/aromatic N) is 1. The SMILES string of the molecule is CCCC(=O)N/N=C/c1ccc(OCC)cc1. The average molecular weight is 234 g/mol. The van der Waals surface area contributed by atoms with Crippen molar-refractivity contribution < 1.29 is 9.53 Å². The van der Waals surface area contributed by atoms with Crippen LogP contribution in [0.4, 0.5) is 0 Å². The minimum absolute atomic E-state index is 0.0605. The van der Waals surface area contributed by atoms with Crippen LogP contribution in [-0.2, 0) is 4.79 Å². The van der Waals surface area contributed by atoms with Gasteiger partial charge in [-0.15, -0.1) is 0 Å². The predicted molar refractivity (Wildman–Crippen MR) is 68.3 cm³/mol.